The second-order valence-electron chi connectivity index (χ2n) is 3.36. The second-order valence-corrected chi connectivity index (χ2v) is 3.36. The summed E-state index contributed by atoms with van der Waals surface area (Å²) in [6.07, 6.45) is 0.596. The van der Waals surface area contributed by atoms with Crippen LogP contribution in [0.5, 0.6) is 0 Å². The molecule has 5 heteroatoms. The minimum atomic E-state index is -0.437. The van der Waals surface area contributed by atoms with Gasteiger partial charge in [-0.1, -0.05) is 6.92 Å². The minimum Gasteiger partial charge on any atom is -0.335 e. The van der Waals surface area contributed by atoms with Crippen molar-refractivity contribution in [2.24, 2.45) is 7.05 Å². The van der Waals surface area contributed by atoms with Crippen molar-refractivity contribution in [1.82, 2.24) is 15.1 Å². The van der Waals surface area contributed by atoms with Crippen molar-refractivity contribution in [2.45, 2.75) is 26.3 Å². The fourth-order valence-electron chi connectivity index (χ4n) is 1.28. The molecular formula is C10H14N4O. The quantitative estimate of drug-likeness (QED) is 0.793. The monoisotopic (exact) mass is 206 g/mol. The van der Waals surface area contributed by atoms with Crippen LogP contribution in [-0.4, -0.2) is 21.7 Å². The lowest BCUT2D eigenvalue weighted by molar-refractivity contribution is 0.0935. The smallest absolute Gasteiger partial charge is 0.270 e. The maximum Gasteiger partial charge on any atom is 0.270 e. The molecule has 0 aliphatic carbocycles. The Kier molecular flexibility index (Phi) is 3.45. The van der Waals surface area contributed by atoms with E-state index in [9.17, 15) is 4.79 Å². The Bertz CT molecular complexity index is 402. The molecular weight excluding hydrogens is 192 g/mol. The lowest BCUT2D eigenvalue weighted by atomic mass is 10.2. The van der Waals surface area contributed by atoms with Crippen LogP contribution < -0.4 is 5.32 Å². The van der Waals surface area contributed by atoms with Gasteiger partial charge < -0.3 is 5.32 Å². The number of aryl methyl sites for hydroxylation is 2. The van der Waals surface area contributed by atoms with Gasteiger partial charge in [0.2, 0.25) is 0 Å². The third-order valence-corrected chi connectivity index (χ3v) is 2.10. The molecule has 0 saturated carbocycles. The SMILES string of the molecule is CCC(C#N)NC(=O)c1cc(C)nn1C. The fourth-order valence-corrected chi connectivity index (χ4v) is 1.28. The van der Waals surface area contributed by atoms with Gasteiger partial charge in [0.05, 0.1) is 11.8 Å². The van der Waals surface area contributed by atoms with Gasteiger partial charge in [0.15, 0.2) is 0 Å². The molecule has 0 fully saturated rings. The molecule has 0 aliphatic rings. The molecule has 0 aliphatic heterocycles. The first-order valence-corrected chi connectivity index (χ1v) is 4.79. The number of hydrogen-bond acceptors (Lipinski definition) is 3. The van der Waals surface area contributed by atoms with Crippen LogP contribution in [0, 0.1) is 18.3 Å². The van der Waals surface area contributed by atoms with E-state index in [-0.39, 0.29) is 5.91 Å². The predicted octanol–water partition coefficient (Wildman–Crippen LogP) is 0.760. The van der Waals surface area contributed by atoms with Crippen LogP contribution in [0.4, 0.5) is 0 Å². The van der Waals surface area contributed by atoms with E-state index in [1.54, 1.807) is 13.1 Å². The molecule has 1 aromatic rings. The summed E-state index contributed by atoms with van der Waals surface area (Å²) >= 11 is 0. The molecule has 0 saturated heterocycles. The zero-order chi connectivity index (χ0) is 11.4. The van der Waals surface area contributed by atoms with E-state index < -0.39 is 6.04 Å². The highest BCUT2D eigenvalue weighted by Gasteiger charge is 2.14. The highest BCUT2D eigenvalue weighted by molar-refractivity contribution is 5.93. The van der Waals surface area contributed by atoms with Gasteiger partial charge >= 0.3 is 0 Å². The van der Waals surface area contributed by atoms with Crippen LogP contribution in [0.2, 0.25) is 0 Å². The number of nitriles is 1. The van der Waals surface area contributed by atoms with Crippen molar-refractivity contribution in [3.05, 3.63) is 17.5 Å². The third kappa shape index (κ3) is 2.56. The molecule has 1 aromatic heterocycles. The van der Waals surface area contributed by atoms with Gasteiger partial charge in [-0.05, 0) is 19.4 Å². The highest BCUT2D eigenvalue weighted by Crippen LogP contribution is 2.02. The van der Waals surface area contributed by atoms with Crippen molar-refractivity contribution in [3.63, 3.8) is 0 Å². The average Bonchev–Trinajstić information content (AvgIpc) is 2.54. The molecule has 1 amide bonds. The third-order valence-electron chi connectivity index (χ3n) is 2.10. The van der Waals surface area contributed by atoms with Crippen molar-refractivity contribution in [2.75, 3.05) is 0 Å². The van der Waals surface area contributed by atoms with E-state index in [1.165, 1.54) is 4.68 Å². The maximum atomic E-state index is 11.7. The van der Waals surface area contributed by atoms with Crippen LogP contribution in [0.3, 0.4) is 0 Å². The first kappa shape index (κ1) is 11.2. The van der Waals surface area contributed by atoms with E-state index >= 15 is 0 Å². The minimum absolute atomic E-state index is 0.258. The average molecular weight is 206 g/mol. The molecule has 1 unspecified atom stereocenters. The Morgan fingerprint density at radius 3 is 2.87 bits per heavy atom. The van der Waals surface area contributed by atoms with E-state index in [2.05, 4.69) is 10.4 Å². The predicted molar refractivity (Wildman–Crippen MR) is 55.1 cm³/mol. The number of amides is 1. The Labute approximate surface area is 88.7 Å². The summed E-state index contributed by atoms with van der Waals surface area (Å²) in [7, 11) is 1.70. The molecule has 1 N–H and O–H groups in total. The number of hydrogen-bond donors (Lipinski definition) is 1. The van der Waals surface area contributed by atoms with E-state index in [1.807, 2.05) is 19.9 Å². The summed E-state index contributed by atoms with van der Waals surface area (Å²) in [6, 6.07) is 3.27. The molecule has 0 bridgehead atoms. The van der Waals surface area contributed by atoms with E-state index in [0.717, 1.165) is 5.69 Å². The van der Waals surface area contributed by atoms with Gasteiger partial charge in [-0.25, -0.2) is 0 Å². The lowest BCUT2D eigenvalue weighted by Crippen LogP contribution is -2.34. The maximum absolute atomic E-state index is 11.7. The first-order valence-electron chi connectivity index (χ1n) is 4.79. The Morgan fingerprint density at radius 2 is 2.47 bits per heavy atom. The van der Waals surface area contributed by atoms with Crippen LogP contribution >= 0.6 is 0 Å². The van der Waals surface area contributed by atoms with Crippen LogP contribution in [0.15, 0.2) is 6.07 Å². The van der Waals surface area contributed by atoms with Crippen molar-refractivity contribution < 1.29 is 4.79 Å². The number of aromatic nitrogens is 2. The normalized spacial score (nSPS) is 11.9. The Balaban J connectivity index is 2.78. The summed E-state index contributed by atoms with van der Waals surface area (Å²) < 4.78 is 1.51. The van der Waals surface area contributed by atoms with Crippen molar-refractivity contribution in [1.29, 1.82) is 5.26 Å². The second kappa shape index (κ2) is 4.60. The van der Waals surface area contributed by atoms with Crippen molar-refractivity contribution in [3.8, 4) is 6.07 Å². The standard InChI is InChI=1S/C10H14N4O/c1-4-8(6-11)12-10(15)9-5-7(2)13-14(9)3/h5,8H,4H2,1-3H3,(H,12,15). The van der Waals surface area contributed by atoms with Crippen LogP contribution in [-0.2, 0) is 7.05 Å². The fraction of sp³-hybridized carbons (Fsp3) is 0.500. The number of carbonyl (C=O) groups is 1. The van der Waals surface area contributed by atoms with Gasteiger partial charge in [-0.3, -0.25) is 9.48 Å². The first-order chi connectivity index (χ1) is 7.08. The van der Waals surface area contributed by atoms with E-state index in [4.69, 9.17) is 5.26 Å². The topological polar surface area (TPSA) is 70.7 Å². The molecule has 0 aromatic carbocycles. The summed E-state index contributed by atoms with van der Waals surface area (Å²) in [5.74, 6) is -0.258. The molecule has 1 heterocycles. The summed E-state index contributed by atoms with van der Waals surface area (Å²) in [5.41, 5.74) is 1.26. The van der Waals surface area contributed by atoms with Crippen LogP contribution in [0.1, 0.15) is 29.5 Å². The number of nitrogens with one attached hydrogen (secondary N) is 1. The van der Waals surface area contributed by atoms with E-state index in [0.29, 0.717) is 12.1 Å². The molecule has 1 rings (SSSR count). The Morgan fingerprint density at radius 1 is 1.80 bits per heavy atom. The number of rotatable bonds is 3. The molecule has 80 valence electrons. The number of carbonyl (C=O) groups excluding carboxylic acids is 1. The van der Waals surface area contributed by atoms with Gasteiger partial charge in [0.1, 0.15) is 11.7 Å². The summed E-state index contributed by atoms with van der Waals surface area (Å²) in [6.45, 7) is 3.67. The largest absolute Gasteiger partial charge is 0.335 e. The zero-order valence-corrected chi connectivity index (χ0v) is 9.11. The number of nitrogens with zero attached hydrogens (tertiary/aromatic N) is 3. The highest BCUT2D eigenvalue weighted by atomic mass is 16.2. The lowest BCUT2D eigenvalue weighted by Gasteiger charge is -2.08. The zero-order valence-electron chi connectivity index (χ0n) is 9.11. The van der Waals surface area contributed by atoms with Crippen molar-refractivity contribution >= 4 is 5.91 Å². The molecule has 5 nitrogen and oxygen atoms in total. The summed E-state index contributed by atoms with van der Waals surface area (Å²) in [5, 5.41) is 15.4. The molecule has 0 spiro atoms. The summed E-state index contributed by atoms with van der Waals surface area (Å²) in [4.78, 5) is 11.7. The van der Waals surface area contributed by atoms with Crippen LogP contribution in [0.25, 0.3) is 0 Å². The van der Waals surface area contributed by atoms with Gasteiger partial charge in [-0.2, -0.15) is 10.4 Å². The van der Waals surface area contributed by atoms with Gasteiger partial charge in [-0.15, -0.1) is 0 Å². The van der Waals surface area contributed by atoms with Gasteiger partial charge in [0.25, 0.3) is 5.91 Å². The Hall–Kier alpha value is -1.83. The van der Waals surface area contributed by atoms with Gasteiger partial charge in [0, 0.05) is 7.05 Å². The molecule has 1 atom stereocenters. The molecule has 15 heavy (non-hydrogen) atoms. The molecule has 0 radical (unpaired) electrons.